The third-order valence-electron chi connectivity index (χ3n) is 5.41. The minimum atomic E-state index is 0.291. The molecule has 3 heterocycles. The van der Waals surface area contributed by atoms with E-state index < -0.39 is 0 Å². The van der Waals surface area contributed by atoms with Crippen LogP contribution in [-0.4, -0.2) is 51.0 Å². The lowest BCUT2D eigenvalue weighted by Gasteiger charge is -2.29. The van der Waals surface area contributed by atoms with Crippen LogP contribution in [0.3, 0.4) is 0 Å². The van der Waals surface area contributed by atoms with Crippen molar-refractivity contribution in [1.82, 2.24) is 19.9 Å². The molecule has 3 aliphatic rings. The lowest BCUT2D eigenvalue weighted by atomic mass is 10.1. The van der Waals surface area contributed by atoms with Crippen LogP contribution in [0.4, 0.5) is 0 Å². The predicted molar refractivity (Wildman–Crippen MR) is 84.7 cm³/mol. The molecule has 2 unspecified atom stereocenters. The second-order valence-electron chi connectivity index (χ2n) is 7.63. The van der Waals surface area contributed by atoms with E-state index in [9.17, 15) is 4.79 Å². The summed E-state index contributed by atoms with van der Waals surface area (Å²) in [6.45, 7) is 6.79. The SMILES string of the molecule is CC(C)c1noc(CN2CCC3CCC(C2)N3C(=O)C2CC2)n1. The molecular weight excluding hydrogens is 292 g/mol. The monoisotopic (exact) mass is 318 g/mol. The van der Waals surface area contributed by atoms with Gasteiger partial charge in [-0.1, -0.05) is 19.0 Å². The molecule has 1 aromatic heterocycles. The van der Waals surface area contributed by atoms with Crippen molar-refractivity contribution in [3.8, 4) is 0 Å². The van der Waals surface area contributed by atoms with Crippen molar-refractivity contribution in [2.45, 2.75) is 70.5 Å². The molecule has 1 amide bonds. The minimum Gasteiger partial charge on any atom is -0.338 e. The zero-order valence-corrected chi connectivity index (χ0v) is 14.1. The van der Waals surface area contributed by atoms with Gasteiger partial charge in [0.15, 0.2) is 5.82 Å². The lowest BCUT2D eigenvalue weighted by molar-refractivity contribution is -0.135. The highest BCUT2D eigenvalue weighted by Crippen LogP contribution is 2.38. The van der Waals surface area contributed by atoms with Crippen LogP contribution in [0.1, 0.15) is 63.6 Å². The number of hydrogen-bond donors (Lipinski definition) is 0. The lowest BCUT2D eigenvalue weighted by Crippen LogP contribution is -2.43. The number of hydrogen-bond acceptors (Lipinski definition) is 5. The number of aromatic nitrogens is 2. The largest absolute Gasteiger partial charge is 0.338 e. The summed E-state index contributed by atoms with van der Waals surface area (Å²) in [4.78, 5) is 21.7. The Kier molecular flexibility index (Phi) is 3.87. The zero-order chi connectivity index (χ0) is 16.0. The number of nitrogens with zero attached hydrogens (tertiary/aromatic N) is 4. The Morgan fingerprint density at radius 1 is 1.22 bits per heavy atom. The quantitative estimate of drug-likeness (QED) is 0.851. The third-order valence-corrected chi connectivity index (χ3v) is 5.41. The van der Waals surface area contributed by atoms with E-state index in [1.165, 1.54) is 6.42 Å². The standard InChI is InChI=1S/C17H26N4O2/c1-11(2)16-18-15(23-19-16)10-20-8-7-13-5-6-14(9-20)21(13)17(22)12-3-4-12/h11-14H,3-10H2,1-2H3. The van der Waals surface area contributed by atoms with E-state index in [4.69, 9.17) is 4.52 Å². The zero-order valence-electron chi connectivity index (χ0n) is 14.1. The Hall–Kier alpha value is -1.43. The Bertz CT molecular complexity index is 581. The highest BCUT2D eigenvalue weighted by atomic mass is 16.5. The van der Waals surface area contributed by atoms with E-state index >= 15 is 0 Å². The van der Waals surface area contributed by atoms with Crippen LogP contribution in [0.15, 0.2) is 4.52 Å². The van der Waals surface area contributed by atoms with Gasteiger partial charge in [-0.05, 0) is 32.1 Å². The van der Waals surface area contributed by atoms with Crippen molar-refractivity contribution in [2.75, 3.05) is 13.1 Å². The average Bonchev–Trinajstić information content (AvgIpc) is 3.16. The summed E-state index contributed by atoms with van der Waals surface area (Å²) in [6, 6.07) is 0.829. The molecule has 6 nitrogen and oxygen atoms in total. The maximum absolute atomic E-state index is 12.6. The molecule has 23 heavy (non-hydrogen) atoms. The van der Waals surface area contributed by atoms with Crippen molar-refractivity contribution in [3.63, 3.8) is 0 Å². The van der Waals surface area contributed by atoms with Gasteiger partial charge in [-0.25, -0.2) is 0 Å². The number of likely N-dealkylation sites (tertiary alicyclic amines) is 1. The molecule has 1 saturated carbocycles. The van der Waals surface area contributed by atoms with Crippen molar-refractivity contribution in [1.29, 1.82) is 0 Å². The summed E-state index contributed by atoms with van der Waals surface area (Å²) in [6.07, 6.45) is 5.58. The molecule has 0 N–H and O–H groups in total. The molecular formula is C17H26N4O2. The van der Waals surface area contributed by atoms with Gasteiger partial charge in [0.2, 0.25) is 11.8 Å². The normalized spacial score (nSPS) is 28.4. The minimum absolute atomic E-state index is 0.291. The first-order chi connectivity index (χ1) is 11.1. The number of rotatable bonds is 4. The van der Waals surface area contributed by atoms with Crippen LogP contribution in [0, 0.1) is 5.92 Å². The van der Waals surface area contributed by atoms with Crippen molar-refractivity contribution in [2.24, 2.45) is 5.92 Å². The average molecular weight is 318 g/mol. The fraction of sp³-hybridized carbons (Fsp3) is 0.824. The maximum Gasteiger partial charge on any atom is 0.240 e. The molecule has 1 aliphatic carbocycles. The molecule has 0 radical (unpaired) electrons. The molecule has 0 aromatic carbocycles. The van der Waals surface area contributed by atoms with Gasteiger partial charge in [0.25, 0.3) is 0 Å². The maximum atomic E-state index is 12.6. The van der Waals surface area contributed by atoms with Gasteiger partial charge in [-0.15, -0.1) is 0 Å². The van der Waals surface area contributed by atoms with Crippen molar-refractivity contribution in [3.05, 3.63) is 11.7 Å². The van der Waals surface area contributed by atoms with Crippen LogP contribution in [-0.2, 0) is 11.3 Å². The van der Waals surface area contributed by atoms with Crippen LogP contribution >= 0.6 is 0 Å². The topological polar surface area (TPSA) is 62.5 Å². The molecule has 2 bridgehead atoms. The molecule has 2 atom stereocenters. The van der Waals surface area contributed by atoms with E-state index in [0.717, 1.165) is 44.6 Å². The van der Waals surface area contributed by atoms with E-state index in [-0.39, 0.29) is 0 Å². The molecule has 3 fully saturated rings. The van der Waals surface area contributed by atoms with E-state index in [1.54, 1.807) is 0 Å². The molecule has 4 rings (SSSR count). The third kappa shape index (κ3) is 3.01. The Labute approximate surface area is 137 Å². The first-order valence-electron chi connectivity index (χ1n) is 8.99. The summed E-state index contributed by atoms with van der Waals surface area (Å²) in [5.74, 6) is 2.51. The van der Waals surface area contributed by atoms with Crippen molar-refractivity contribution < 1.29 is 9.32 Å². The van der Waals surface area contributed by atoms with Gasteiger partial charge in [0, 0.05) is 37.0 Å². The number of carbonyl (C=O) groups excluding carboxylic acids is 1. The molecule has 0 spiro atoms. The summed E-state index contributed by atoms with van der Waals surface area (Å²) >= 11 is 0. The van der Waals surface area contributed by atoms with Crippen LogP contribution < -0.4 is 0 Å². The first kappa shape index (κ1) is 15.1. The number of carbonyl (C=O) groups is 1. The molecule has 126 valence electrons. The van der Waals surface area contributed by atoms with Gasteiger partial charge in [0.1, 0.15) is 0 Å². The van der Waals surface area contributed by atoms with E-state index in [2.05, 4.69) is 33.8 Å². The number of fused-ring (bicyclic) bond motifs is 2. The van der Waals surface area contributed by atoms with E-state index in [0.29, 0.717) is 42.3 Å². The molecule has 2 saturated heterocycles. The van der Waals surface area contributed by atoms with Crippen LogP contribution in [0.2, 0.25) is 0 Å². The molecule has 1 aromatic rings. The summed E-state index contributed by atoms with van der Waals surface area (Å²) in [5, 5.41) is 4.05. The highest BCUT2D eigenvalue weighted by Gasteiger charge is 2.44. The summed E-state index contributed by atoms with van der Waals surface area (Å²) in [5.41, 5.74) is 0. The van der Waals surface area contributed by atoms with E-state index in [1.807, 2.05) is 0 Å². The summed E-state index contributed by atoms with van der Waals surface area (Å²) < 4.78 is 5.39. The first-order valence-corrected chi connectivity index (χ1v) is 8.99. The second-order valence-corrected chi connectivity index (χ2v) is 7.63. The van der Waals surface area contributed by atoms with Gasteiger partial charge >= 0.3 is 0 Å². The Morgan fingerprint density at radius 3 is 2.70 bits per heavy atom. The van der Waals surface area contributed by atoms with Crippen molar-refractivity contribution >= 4 is 5.91 Å². The van der Waals surface area contributed by atoms with Gasteiger partial charge < -0.3 is 9.42 Å². The Morgan fingerprint density at radius 2 is 2.00 bits per heavy atom. The predicted octanol–water partition coefficient (Wildman–Crippen LogP) is 2.17. The molecule has 2 aliphatic heterocycles. The van der Waals surface area contributed by atoms with Gasteiger partial charge in [0.05, 0.1) is 6.54 Å². The number of amides is 1. The smallest absolute Gasteiger partial charge is 0.240 e. The Balaban J connectivity index is 1.42. The molecule has 6 heteroatoms. The second kappa shape index (κ2) is 5.89. The van der Waals surface area contributed by atoms with Gasteiger partial charge in [-0.3, -0.25) is 9.69 Å². The fourth-order valence-corrected chi connectivity index (χ4v) is 3.95. The van der Waals surface area contributed by atoms with Gasteiger partial charge in [-0.2, -0.15) is 4.98 Å². The fourth-order valence-electron chi connectivity index (χ4n) is 3.95. The highest BCUT2D eigenvalue weighted by molar-refractivity contribution is 5.82. The van der Waals surface area contributed by atoms with Crippen LogP contribution in [0.25, 0.3) is 0 Å². The van der Waals surface area contributed by atoms with Crippen LogP contribution in [0.5, 0.6) is 0 Å². The summed E-state index contributed by atoms with van der Waals surface area (Å²) in [7, 11) is 0.